The third kappa shape index (κ3) is 5.39. The first kappa shape index (κ1) is 23.7. The van der Waals surface area contributed by atoms with Crippen LogP contribution >= 0.6 is 0 Å². The average molecular weight is 467 g/mol. The zero-order valence-corrected chi connectivity index (χ0v) is 18.2. The molecular weight excluding hydrogens is 437 g/mol. The summed E-state index contributed by atoms with van der Waals surface area (Å²) in [7, 11) is 0. The van der Waals surface area contributed by atoms with Crippen LogP contribution in [0.3, 0.4) is 0 Å². The minimum Gasteiger partial charge on any atom is -0.394 e. The Hall–Kier alpha value is -2.43. The van der Waals surface area contributed by atoms with Crippen LogP contribution in [-0.2, 0) is 17.9 Å². The molecule has 2 aromatic rings. The van der Waals surface area contributed by atoms with E-state index in [1.54, 1.807) is 18.2 Å². The molecule has 10 heteroatoms. The van der Waals surface area contributed by atoms with Crippen LogP contribution in [-0.4, -0.2) is 55.7 Å². The van der Waals surface area contributed by atoms with Crippen molar-refractivity contribution >= 4 is 11.7 Å². The third-order valence-corrected chi connectivity index (χ3v) is 6.58. The van der Waals surface area contributed by atoms with Crippen molar-refractivity contribution in [1.82, 2.24) is 14.7 Å². The molecule has 0 spiro atoms. The lowest BCUT2D eigenvalue weighted by Crippen LogP contribution is -2.47. The molecule has 33 heavy (non-hydrogen) atoms. The topological polar surface area (TPSA) is 90.6 Å². The zero-order valence-electron chi connectivity index (χ0n) is 18.2. The second-order valence-corrected chi connectivity index (χ2v) is 8.97. The average Bonchev–Trinajstić information content (AvgIpc) is 3.51. The first-order valence-corrected chi connectivity index (χ1v) is 11.3. The number of aromatic nitrogens is 2. The van der Waals surface area contributed by atoms with Gasteiger partial charge in [0.1, 0.15) is 6.04 Å². The summed E-state index contributed by atoms with van der Waals surface area (Å²) in [4.78, 5) is 14.6. The molecule has 0 saturated heterocycles. The van der Waals surface area contributed by atoms with Gasteiger partial charge in [-0.3, -0.25) is 14.4 Å². The van der Waals surface area contributed by atoms with Crippen molar-refractivity contribution in [1.29, 1.82) is 0 Å². The van der Waals surface area contributed by atoms with E-state index in [2.05, 4.69) is 10.4 Å². The number of amides is 1. The molecule has 1 aromatic carbocycles. The van der Waals surface area contributed by atoms with Gasteiger partial charge in [-0.05, 0) is 23.5 Å². The number of hydrogen-bond donors (Lipinski definition) is 3. The van der Waals surface area contributed by atoms with Gasteiger partial charge in [-0.2, -0.15) is 18.3 Å². The number of fused-ring (bicyclic) bond motifs is 1. The Kier molecular flexibility index (Phi) is 7.06. The van der Waals surface area contributed by atoms with Gasteiger partial charge in [0.25, 0.3) is 0 Å². The van der Waals surface area contributed by atoms with Crippen LogP contribution in [0.25, 0.3) is 0 Å². The molecular formula is C23H29F3N4O3. The fourth-order valence-corrected chi connectivity index (χ4v) is 5.03. The van der Waals surface area contributed by atoms with E-state index in [0.29, 0.717) is 12.0 Å². The molecule has 1 amide bonds. The molecule has 1 aliphatic heterocycles. The molecule has 3 N–H and O–H groups in total. The molecule has 1 aliphatic carbocycles. The van der Waals surface area contributed by atoms with E-state index in [1.165, 1.54) is 27.9 Å². The number of aliphatic hydroxyl groups is 2. The van der Waals surface area contributed by atoms with Gasteiger partial charge in [0.15, 0.2) is 5.82 Å². The second-order valence-electron chi connectivity index (χ2n) is 8.97. The number of halogens is 3. The van der Waals surface area contributed by atoms with E-state index in [9.17, 15) is 23.1 Å². The van der Waals surface area contributed by atoms with Gasteiger partial charge < -0.3 is 15.5 Å². The number of nitrogens with zero attached hydrogens (tertiary/aromatic N) is 3. The number of aliphatic hydroxyl groups excluding tert-OH is 2. The summed E-state index contributed by atoms with van der Waals surface area (Å²) in [5.74, 6) is -0.116. The molecule has 0 bridgehead atoms. The van der Waals surface area contributed by atoms with Gasteiger partial charge in [-0.15, -0.1) is 0 Å². The lowest BCUT2D eigenvalue weighted by molar-refractivity contribution is -0.190. The van der Waals surface area contributed by atoms with Gasteiger partial charge in [0, 0.05) is 18.8 Å². The Bertz CT molecular complexity index is 958. The Morgan fingerprint density at radius 2 is 1.94 bits per heavy atom. The fraction of sp³-hybridized carbons (Fsp3) is 0.565. The Labute approximate surface area is 190 Å². The van der Waals surface area contributed by atoms with Gasteiger partial charge in [0.05, 0.1) is 25.3 Å². The summed E-state index contributed by atoms with van der Waals surface area (Å²) in [6, 6.07) is 5.23. The van der Waals surface area contributed by atoms with Crippen molar-refractivity contribution in [3.63, 3.8) is 0 Å². The zero-order chi connectivity index (χ0) is 23.6. The Morgan fingerprint density at radius 1 is 1.21 bits per heavy atom. The molecule has 3 atom stereocenters. The molecule has 2 aliphatic rings. The van der Waals surface area contributed by atoms with Gasteiger partial charge in [-0.25, -0.2) is 0 Å². The van der Waals surface area contributed by atoms with Crippen molar-refractivity contribution in [3.05, 3.63) is 47.7 Å². The van der Waals surface area contributed by atoms with Crippen molar-refractivity contribution in [3.8, 4) is 0 Å². The SMILES string of the molecule is O=C(Nc1ccn(C[C@@H](O)CO)n1)C(CC1CCCC1)N1Cc2ccccc2[C@H]1C(F)(F)F. The lowest BCUT2D eigenvalue weighted by atomic mass is 9.95. The van der Waals surface area contributed by atoms with Crippen molar-refractivity contribution in [2.45, 2.75) is 69.6 Å². The summed E-state index contributed by atoms with van der Waals surface area (Å²) in [5, 5.41) is 25.4. The normalized spacial score (nSPS) is 21.2. The van der Waals surface area contributed by atoms with Gasteiger partial charge in [-0.1, -0.05) is 49.9 Å². The fourth-order valence-electron chi connectivity index (χ4n) is 5.03. The highest BCUT2D eigenvalue weighted by molar-refractivity contribution is 5.94. The highest BCUT2D eigenvalue weighted by atomic mass is 19.4. The summed E-state index contributed by atoms with van der Waals surface area (Å²) >= 11 is 0. The van der Waals surface area contributed by atoms with E-state index in [-0.39, 0.29) is 30.4 Å². The van der Waals surface area contributed by atoms with Crippen molar-refractivity contribution in [2.24, 2.45) is 5.92 Å². The third-order valence-electron chi connectivity index (χ3n) is 6.58. The minimum atomic E-state index is -4.51. The molecule has 1 saturated carbocycles. The van der Waals surface area contributed by atoms with Crippen LogP contribution in [0.4, 0.5) is 19.0 Å². The minimum absolute atomic E-state index is 0.0372. The first-order valence-electron chi connectivity index (χ1n) is 11.3. The number of alkyl halides is 3. The van der Waals surface area contributed by atoms with Crippen LogP contribution in [0.1, 0.15) is 49.3 Å². The second kappa shape index (κ2) is 9.82. The summed E-state index contributed by atoms with van der Waals surface area (Å²) in [5.41, 5.74) is 0.794. The van der Waals surface area contributed by atoms with Crippen LogP contribution in [0.2, 0.25) is 0 Å². The van der Waals surface area contributed by atoms with Gasteiger partial charge in [0.2, 0.25) is 5.91 Å². The standard InChI is InChI=1S/C23H29F3N4O3/c24-23(25,26)21-18-8-4-3-7-16(18)12-30(21)19(11-15-5-1-2-6-15)22(33)27-20-9-10-29(28-20)13-17(32)14-31/h3-4,7-10,15,17,19,21,31-32H,1-2,5-6,11-14H2,(H,27,28,33)/t17-,19?,21+/m1/s1. The highest BCUT2D eigenvalue weighted by Gasteiger charge is 2.52. The molecule has 1 unspecified atom stereocenters. The number of carbonyl (C=O) groups excluding carboxylic acids is 1. The van der Waals surface area contributed by atoms with E-state index < -0.39 is 36.9 Å². The molecule has 1 aromatic heterocycles. The van der Waals surface area contributed by atoms with E-state index in [4.69, 9.17) is 5.11 Å². The Balaban J connectivity index is 1.58. The predicted octanol–water partition coefficient (Wildman–Crippen LogP) is 3.24. The molecule has 1 fully saturated rings. The predicted molar refractivity (Wildman–Crippen MR) is 115 cm³/mol. The van der Waals surface area contributed by atoms with Gasteiger partial charge >= 0.3 is 6.18 Å². The molecule has 2 heterocycles. The largest absolute Gasteiger partial charge is 0.408 e. The maximum absolute atomic E-state index is 14.2. The number of anilines is 1. The maximum atomic E-state index is 14.2. The maximum Gasteiger partial charge on any atom is 0.408 e. The number of rotatable bonds is 8. The van der Waals surface area contributed by atoms with Crippen LogP contribution in [0.5, 0.6) is 0 Å². The number of hydrogen-bond acceptors (Lipinski definition) is 5. The monoisotopic (exact) mass is 466 g/mol. The number of benzene rings is 1. The smallest absolute Gasteiger partial charge is 0.394 e. The molecule has 4 rings (SSSR count). The van der Waals surface area contributed by atoms with E-state index >= 15 is 0 Å². The number of nitrogens with one attached hydrogen (secondary N) is 1. The summed E-state index contributed by atoms with van der Waals surface area (Å²) < 4.78 is 43.9. The Morgan fingerprint density at radius 3 is 2.64 bits per heavy atom. The van der Waals surface area contributed by atoms with Crippen LogP contribution < -0.4 is 5.32 Å². The summed E-state index contributed by atoms with van der Waals surface area (Å²) in [6.45, 7) is -0.336. The van der Waals surface area contributed by atoms with Crippen molar-refractivity contribution < 1.29 is 28.2 Å². The summed E-state index contributed by atoms with van der Waals surface area (Å²) in [6.07, 6.45) is 0.256. The van der Waals surface area contributed by atoms with Crippen LogP contribution in [0.15, 0.2) is 36.5 Å². The van der Waals surface area contributed by atoms with Crippen LogP contribution in [0, 0.1) is 5.92 Å². The molecule has 7 nitrogen and oxygen atoms in total. The van der Waals surface area contributed by atoms with Crippen molar-refractivity contribution in [2.75, 3.05) is 11.9 Å². The number of carbonyl (C=O) groups is 1. The quantitative estimate of drug-likeness (QED) is 0.556. The molecule has 180 valence electrons. The first-order chi connectivity index (χ1) is 15.8. The molecule has 0 radical (unpaired) electrons. The van der Waals surface area contributed by atoms with E-state index in [1.807, 2.05) is 0 Å². The van der Waals surface area contributed by atoms with E-state index in [0.717, 1.165) is 25.7 Å². The lowest BCUT2D eigenvalue weighted by Gasteiger charge is -2.34. The highest BCUT2D eigenvalue weighted by Crippen LogP contribution is 2.46.